The summed E-state index contributed by atoms with van der Waals surface area (Å²) in [5, 5.41) is 9.45. The van der Waals surface area contributed by atoms with E-state index in [-0.39, 0.29) is 30.5 Å². The van der Waals surface area contributed by atoms with E-state index in [0.717, 1.165) is 0 Å². The van der Waals surface area contributed by atoms with E-state index in [1.807, 2.05) is 6.07 Å². The van der Waals surface area contributed by atoms with Crippen molar-refractivity contribution in [1.82, 2.24) is 14.5 Å². The highest BCUT2D eigenvalue weighted by Crippen LogP contribution is 2.15. The molecule has 0 aliphatic carbocycles. The number of aliphatic hydroxyl groups is 1. The molecule has 0 bridgehead atoms. The molecule has 1 saturated heterocycles. The molecule has 0 radical (unpaired) electrons. The number of rotatable bonds is 3. The number of benzene rings is 1. The molecule has 6 nitrogen and oxygen atoms in total. The highest BCUT2D eigenvalue weighted by atomic mass is 16.3. The second kappa shape index (κ2) is 5.05. The van der Waals surface area contributed by atoms with Crippen LogP contribution in [0.2, 0.25) is 0 Å². The quantitative estimate of drug-likeness (QED) is 0.843. The summed E-state index contributed by atoms with van der Waals surface area (Å²) in [5.74, 6) is 0.0549. The van der Waals surface area contributed by atoms with Crippen molar-refractivity contribution in [2.24, 2.45) is 5.92 Å². The minimum absolute atomic E-state index is 0.00514. The average molecular weight is 273 g/mol. The number of carbonyl (C=O) groups is 1. The molecule has 6 heteroatoms. The van der Waals surface area contributed by atoms with Crippen LogP contribution in [0, 0.1) is 5.92 Å². The van der Waals surface area contributed by atoms with Crippen molar-refractivity contribution < 1.29 is 9.90 Å². The number of nitrogens with zero attached hydrogens (tertiary/aromatic N) is 3. The van der Waals surface area contributed by atoms with E-state index in [2.05, 4.69) is 4.98 Å². The fraction of sp³-hybridized carbons (Fsp3) is 0.357. The molecule has 0 atom stereocenters. The van der Waals surface area contributed by atoms with Crippen molar-refractivity contribution >= 4 is 16.8 Å². The first kappa shape index (κ1) is 12.8. The van der Waals surface area contributed by atoms with Gasteiger partial charge in [0, 0.05) is 25.6 Å². The molecule has 1 fully saturated rings. The molecule has 0 unspecified atom stereocenters. The Balaban J connectivity index is 1.80. The van der Waals surface area contributed by atoms with Crippen LogP contribution in [-0.2, 0) is 11.3 Å². The van der Waals surface area contributed by atoms with Crippen LogP contribution in [0.15, 0.2) is 35.4 Å². The fourth-order valence-corrected chi connectivity index (χ4v) is 2.35. The van der Waals surface area contributed by atoms with Crippen molar-refractivity contribution in [2.45, 2.75) is 6.54 Å². The van der Waals surface area contributed by atoms with E-state index in [9.17, 15) is 9.59 Å². The van der Waals surface area contributed by atoms with Gasteiger partial charge in [0.15, 0.2) is 0 Å². The number of carbonyl (C=O) groups excluding carboxylic acids is 1. The Labute approximate surface area is 115 Å². The topological polar surface area (TPSA) is 75.4 Å². The van der Waals surface area contributed by atoms with Crippen molar-refractivity contribution in [3.63, 3.8) is 0 Å². The monoisotopic (exact) mass is 273 g/mol. The summed E-state index contributed by atoms with van der Waals surface area (Å²) in [6.07, 6.45) is 1.41. The summed E-state index contributed by atoms with van der Waals surface area (Å²) in [6, 6.07) is 7.07. The molecule has 104 valence electrons. The van der Waals surface area contributed by atoms with Crippen LogP contribution in [-0.4, -0.2) is 45.2 Å². The molecule has 1 aromatic heterocycles. The Morgan fingerprint density at radius 3 is 2.85 bits per heavy atom. The second-order valence-corrected chi connectivity index (χ2v) is 5.04. The third-order valence-electron chi connectivity index (χ3n) is 3.61. The Hall–Kier alpha value is -2.21. The van der Waals surface area contributed by atoms with Gasteiger partial charge in [0.2, 0.25) is 5.91 Å². The van der Waals surface area contributed by atoms with Crippen molar-refractivity contribution in [2.75, 3.05) is 19.7 Å². The van der Waals surface area contributed by atoms with E-state index in [1.165, 1.54) is 10.9 Å². The van der Waals surface area contributed by atoms with Gasteiger partial charge in [-0.2, -0.15) is 0 Å². The molecule has 1 aliphatic heterocycles. The van der Waals surface area contributed by atoms with Crippen LogP contribution in [0.4, 0.5) is 0 Å². The normalized spacial score (nSPS) is 15.3. The lowest BCUT2D eigenvalue weighted by atomic mass is 10.0. The standard InChI is InChI=1S/C14H15N3O3/c18-8-10-5-16(6-10)13(19)7-17-9-15-12-4-2-1-3-11(12)14(17)20/h1-4,9-10,18H,5-8H2. The molecule has 1 N–H and O–H groups in total. The van der Waals surface area contributed by atoms with E-state index in [1.54, 1.807) is 23.1 Å². The van der Waals surface area contributed by atoms with Crippen molar-refractivity contribution in [3.8, 4) is 0 Å². The summed E-state index contributed by atoms with van der Waals surface area (Å²) in [6.45, 7) is 1.21. The van der Waals surface area contributed by atoms with Crippen molar-refractivity contribution in [1.29, 1.82) is 0 Å². The van der Waals surface area contributed by atoms with Gasteiger partial charge in [0.05, 0.1) is 17.2 Å². The van der Waals surface area contributed by atoms with Gasteiger partial charge in [-0.1, -0.05) is 12.1 Å². The second-order valence-electron chi connectivity index (χ2n) is 5.04. The van der Waals surface area contributed by atoms with Gasteiger partial charge in [0.25, 0.3) is 5.56 Å². The van der Waals surface area contributed by atoms with Crippen LogP contribution in [0.1, 0.15) is 0 Å². The van der Waals surface area contributed by atoms with Crippen LogP contribution in [0.3, 0.4) is 0 Å². The van der Waals surface area contributed by atoms with Gasteiger partial charge in [-0.25, -0.2) is 4.98 Å². The van der Waals surface area contributed by atoms with Gasteiger partial charge in [-0.05, 0) is 12.1 Å². The van der Waals surface area contributed by atoms with Gasteiger partial charge in [0.1, 0.15) is 6.54 Å². The number of hydrogen-bond acceptors (Lipinski definition) is 4. The minimum atomic E-state index is -0.205. The molecule has 3 rings (SSSR count). The summed E-state index contributed by atoms with van der Waals surface area (Å²) in [5.41, 5.74) is 0.425. The smallest absolute Gasteiger partial charge is 0.261 e. The average Bonchev–Trinajstić information content (AvgIpc) is 2.41. The molecule has 0 spiro atoms. The van der Waals surface area contributed by atoms with Crippen LogP contribution >= 0.6 is 0 Å². The third kappa shape index (κ3) is 2.18. The molecule has 1 aliphatic rings. The first-order chi connectivity index (χ1) is 9.69. The molecule has 20 heavy (non-hydrogen) atoms. The molecule has 1 amide bonds. The molecule has 1 aromatic carbocycles. The number of likely N-dealkylation sites (tertiary alicyclic amines) is 1. The van der Waals surface area contributed by atoms with Gasteiger partial charge >= 0.3 is 0 Å². The van der Waals surface area contributed by atoms with E-state index in [0.29, 0.717) is 24.0 Å². The summed E-state index contributed by atoms with van der Waals surface area (Å²) >= 11 is 0. The maximum atomic E-state index is 12.2. The molecule has 2 aromatic rings. The van der Waals surface area contributed by atoms with Crippen LogP contribution in [0.25, 0.3) is 10.9 Å². The molecule has 0 saturated carbocycles. The zero-order valence-electron chi connectivity index (χ0n) is 10.9. The van der Waals surface area contributed by atoms with Crippen molar-refractivity contribution in [3.05, 3.63) is 40.9 Å². The maximum absolute atomic E-state index is 12.2. The highest BCUT2D eigenvalue weighted by molar-refractivity contribution is 5.79. The number of hydrogen-bond donors (Lipinski definition) is 1. The third-order valence-corrected chi connectivity index (χ3v) is 3.61. The zero-order chi connectivity index (χ0) is 14.1. The zero-order valence-corrected chi connectivity index (χ0v) is 10.9. The first-order valence-electron chi connectivity index (χ1n) is 6.52. The maximum Gasteiger partial charge on any atom is 0.261 e. The Morgan fingerprint density at radius 2 is 2.10 bits per heavy atom. The molecule has 2 heterocycles. The molecular formula is C14H15N3O3. The predicted octanol–water partition coefficient (Wildman–Crippen LogP) is -0.153. The Morgan fingerprint density at radius 1 is 1.35 bits per heavy atom. The predicted molar refractivity (Wildman–Crippen MR) is 73.2 cm³/mol. The van der Waals surface area contributed by atoms with E-state index < -0.39 is 0 Å². The number of para-hydroxylation sites is 1. The number of aromatic nitrogens is 2. The number of aliphatic hydroxyl groups excluding tert-OH is 1. The Bertz CT molecular complexity index is 704. The lowest BCUT2D eigenvalue weighted by molar-refractivity contribution is -0.139. The van der Waals surface area contributed by atoms with E-state index >= 15 is 0 Å². The van der Waals surface area contributed by atoms with Crippen LogP contribution < -0.4 is 5.56 Å². The fourth-order valence-electron chi connectivity index (χ4n) is 2.35. The highest BCUT2D eigenvalue weighted by Gasteiger charge is 2.29. The SMILES string of the molecule is O=C(Cn1cnc2ccccc2c1=O)N1CC(CO)C1. The van der Waals surface area contributed by atoms with E-state index in [4.69, 9.17) is 5.11 Å². The lowest BCUT2D eigenvalue weighted by Crippen LogP contribution is -2.52. The Kier molecular flexibility index (Phi) is 3.23. The van der Waals surface area contributed by atoms with Gasteiger partial charge in [-0.15, -0.1) is 0 Å². The lowest BCUT2D eigenvalue weighted by Gasteiger charge is -2.38. The van der Waals surface area contributed by atoms with Gasteiger partial charge in [-0.3, -0.25) is 14.2 Å². The molecular weight excluding hydrogens is 258 g/mol. The largest absolute Gasteiger partial charge is 0.396 e. The van der Waals surface area contributed by atoms with Crippen LogP contribution in [0.5, 0.6) is 0 Å². The van der Waals surface area contributed by atoms with Gasteiger partial charge < -0.3 is 10.0 Å². The summed E-state index contributed by atoms with van der Waals surface area (Å²) in [4.78, 5) is 30.0. The number of amides is 1. The summed E-state index contributed by atoms with van der Waals surface area (Å²) < 4.78 is 1.33. The minimum Gasteiger partial charge on any atom is -0.396 e. The first-order valence-corrected chi connectivity index (χ1v) is 6.52. The number of fused-ring (bicyclic) bond motifs is 1. The summed E-state index contributed by atoms with van der Waals surface area (Å²) in [7, 11) is 0.